The van der Waals surface area contributed by atoms with Crippen LogP contribution in [0.5, 0.6) is 0 Å². The van der Waals surface area contributed by atoms with Gasteiger partial charge in [-0.25, -0.2) is 15.0 Å². The molecule has 2 unspecified atom stereocenters. The van der Waals surface area contributed by atoms with E-state index in [1.807, 2.05) is 24.4 Å². The summed E-state index contributed by atoms with van der Waals surface area (Å²) < 4.78 is 0. The average Bonchev–Trinajstić information content (AvgIpc) is 3.45. The van der Waals surface area contributed by atoms with Crippen molar-refractivity contribution >= 4 is 16.8 Å². The molecule has 5 nitrogen and oxygen atoms in total. The zero-order valence-electron chi connectivity index (χ0n) is 28.9. The zero-order valence-corrected chi connectivity index (χ0v) is 28.9. The number of nitrogens with one attached hydrogen (secondary N) is 1. The Morgan fingerprint density at radius 2 is 1.45 bits per heavy atom. The molecule has 3 aromatic carbocycles. The average molecular weight is 662 g/mol. The third kappa shape index (κ3) is 6.97. The van der Waals surface area contributed by atoms with Gasteiger partial charge in [0.15, 0.2) is 17.5 Å². The molecule has 0 bridgehead atoms. The van der Waals surface area contributed by atoms with Gasteiger partial charge in [-0.2, -0.15) is 0 Å². The van der Waals surface area contributed by atoms with Gasteiger partial charge in [0.1, 0.15) is 0 Å². The molecule has 0 saturated heterocycles. The highest BCUT2D eigenvalue weighted by Gasteiger charge is 2.26. The molecule has 3 aliphatic rings. The highest BCUT2D eigenvalue weighted by Crippen LogP contribution is 2.38. The van der Waals surface area contributed by atoms with E-state index in [-0.39, 0.29) is 11.5 Å². The predicted octanol–water partition coefficient (Wildman–Crippen LogP) is 10.4. The van der Waals surface area contributed by atoms with Gasteiger partial charge in [-0.1, -0.05) is 128 Å². The predicted molar refractivity (Wildman–Crippen MR) is 210 cm³/mol. The fourth-order valence-corrected chi connectivity index (χ4v) is 6.79. The summed E-state index contributed by atoms with van der Waals surface area (Å²) in [5.41, 5.74) is 10.5. The van der Waals surface area contributed by atoms with E-state index >= 15 is 0 Å². The maximum Gasteiger partial charge on any atom is 0.164 e. The first-order valence-corrected chi connectivity index (χ1v) is 17.6. The zero-order chi connectivity index (χ0) is 34.6. The molecule has 2 aromatic heterocycles. The Balaban J connectivity index is 1.28. The summed E-state index contributed by atoms with van der Waals surface area (Å²) in [5.74, 6) is 1.91. The van der Waals surface area contributed by atoms with Crippen molar-refractivity contribution in [2.75, 3.05) is 0 Å². The lowest BCUT2D eigenvalue weighted by molar-refractivity contribution is 0.600. The summed E-state index contributed by atoms with van der Waals surface area (Å²) in [6.07, 6.45) is 27.1. The first kappa shape index (κ1) is 32.0. The lowest BCUT2D eigenvalue weighted by atomic mass is 9.76. The van der Waals surface area contributed by atoms with Gasteiger partial charge in [0, 0.05) is 40.1 Å². The van der Waals surface area contributed by atoms with E-state index in [0.29, 0.717) is 23.9 Å². The van der Waals surface area contributed by atoms with Crippen LogP contribution in [0.25, 0.3) is 50.7 Å². The maximum atomic E-state index is 5.22. The van der Waals surface area contributed by atoms with E-state index in [9.17, 15) is 0 Å². The number of hydrogen-bond donors (Lipinski definition) is 1. The highest BCUT2D eigenvalue weighted by atomic mass is 15.0. The molecule has 2 aliphatic carbocycles. The number of benzene rings is 3. The van der Waals surface area contributed by atoms with Gasteiger partial charge >= 0.3 is 0 Å². The minimum Gasteiger partial charge on any atom is -0.379 e. The Labute approximate surface area is 300 Å². The number of aromatic nitrogens is 4. The number of hydrogen-bond acceptors (Lipinski definition) is 5. The van der Waals surface area contributed by atoms with Gasteiger partial charge in [0.05, 0.1) is 5.69 Å². The SMILES string of the molecule is CC1C=CC=C(c2cccc(-c3nc(C4=CCC(c5ccccn5)=CC=C4)nc(-c4cc(-c5ccccc5)cc(C5(C)C=CC=CC5)c4)n3)c2)N1. The molecular weight excluding hydrogens is 623 g/mol. The summed E-state index contributed by atoms with van der Waals surface area (Å²) in [7, 11) is 0. The van der Waals surface area contributed by atoms with Crippen molar-refractivity contribution in [1.29, 1.82) is 0 Å². The lowest BCUT2D eigenvalue weighted by Gasteiger charge is -2.28. The van der Waals surface area contributed by atoms with E-state index in [1.165, 1.54) is 5.56 Å². The minimum absolute atomic E-state index is 0.159. The molecule has 3 heterocycles. The van der Waals surface area contributed by atoms with Gasteiger partial charge in [0.2, 0.25) is 0 Å². The molecule has 0 fully saturated rings. The van der Waals surface area contributed by atoms with Crippen LogP contribution in [-0.2, 0) is 5.41 Å². The summed E-state index contributed by atoms with van der Waals surface area (Å²) in [4.78, 5) is 20.2. The summed E-state index contributed by atoms with van der Waals surface area (Å²) in [5, 5.41) is 3.58. The fourth-order valence-electron chi connectivity index (χ4n) is 6.79. The van der Waals surface area contributed by atoms with Crippen LogP contribution in [0.3, 0.4) is 0 Å². The lowest BCUT2D eigenvalue weighted by Crippen LogP contribution is -2.24. The van der Waals surface area contributed by atoms with Gasteiger partial charge in [-0.15, -0.1) is 0 Å². The van der Waals surface area contributed by atoms with Gasteiger partial charge < -0.3 is 5.32 Å². The second kappa shape index (κ2) is 14.0. The third-order valence-corrected chi connectivity index (χ3v) is 9.69. The van der Waals surface area contributed by atoms with Crippen molar-refractivity contribution in [1.82, 2.24) is 25.3 Å². The number of dihydropyridines is 1. The molecule has 1 aliphatic heterocycles. The molecule has 0 saturated carbocycles. The minimum atomic E-state index is -0.159. The summed E-state index contributed by atoms with van der Waals surface area (Å²) in [6, 6.07) is 32.1. The van der Waals surface area contributed by atoms with Crippen molar-refractivity contribution in [3.63, 3.8) is 0 Å². The van der Waals surface area contributed by atoms with Gasteiger partial charge in [-0.05, 0) is 84.0 Å². The first-order chi connectivity index (χ1) is 25.0. The normalized spacial score (nSPS) is 19.5. The number of allylic oxidation sites excluding steroid dienone is 12. The van der Waals surface area contributed by atoms with Crippen LogP contribution < -0.4 is 5.32 Å². The van der Waals surface area contributed by atoms with E-state index < -0.39 is 0 Å². The second-order valence-electron chi connectivity index (χ2n) is 13.5. The molecular formula is C46H39N5. The Kier molecular flexibility index (Phi) is 8.77. The van der Waals surface area contributed by atoms with Crippen molar-refractivity contribution < 1.29 is 0 Å². The number of rotatable bonds is 7. The Bertz CT molecular complexity index is 2310. The van der Waals surface area contributed by atoms with Crippen molar-refractivity contribution in [3.8, 4) is 33.9 Å². The van der Waals surface area contributed by atoms with Crippen molar-refractivity contribution in [3.05, 3.63) is 187 Å². The van der Waals surface area contributed by atoms with E-state index in [1.54, 1.807) is 0 Å². The molecule has 0 radical (unpaired) electrons. The molecule has 0 amide bonds. The molecule has 5 heteroatoms. The van der Waals surface area contributed by atoms with Crippen LogP contribution in [-0.4, -0.2) is 26.0 Å². The molecule has 8 rings (SSSR count). The van der Waals surface area contributed by atoms with Crippen molar-refractivity contribution in [2.24, 2.45) is 0 Å². The van der Waals surface area contributed by atoms with Gasteiger partial charge in [-0.3, -0.25) is 4.98 Å². The topological polar surface area (TPSA) is 63.6 Å². The Hall–Kier alpha value is -6.20. The molecule has 0 spiro atoms. The van der Waals surface area contributed by atoms with Crippen LogP contribution in [0.4, 0.5) is 0 Å². The molecule has 1 N–H and O–H groups in total. The van der Waals surface area contributed by atoms with E-state index in [4.69, 9.17) is 15.0 Å². The third-order valence-electron chi connectivity index (χ3n) is 9.69. The molecule has 2 atom stereocenters. The first-order valence-electron chi connectivity index (χ1n) is 17.6. The maximum absolute atomic E-state index is 5.22. The van der Waals surface area contributed by atoms with Crippen LogP contribution in [0.1, 0.15) is 49.3 Å². The van der Waals surface area contributed by atoms with E-state index in [0.717, 1.165) is 56.8 Å². The number of nitrogens with zero attached hydrogens (tertiary/aromatic N) is 4. The van der Waals surface area contributed by atoms with Crippen molar-refractivity contribution in [2.45, 2.75) is 38.1 Å². The fraction of sp³-hybridized carbons (Fsp3) is 0.130. The standard InChI is InChI=1S/C46H39N5/c1-32-14-11-22-42(48-32)36-19-13-20-37(28-36)44-49-43(35-18-12-17-34(23-24-35)41-21-7-10-27-47-41)50-45(51-44)39-29-38(33-15-5-3-6-16-33)30-40(31-39)46(2)25-8-4-9-26-46/h3-22,24-25,27-32,48H,23,26H2,1-2H3. The highest BCUT2D eigenvalue weighted by molar-refractivity contribution is 5.80. The van der Waals surface area contributed by atoms with E-state index in [2.05, 4.69) is 164 Å². The smallest absolute Gasteiger partial charge is 0.164 e. The summed E-state index contributed by atoms with van der Waals surface area (Å²) >= 11 is 0. The summed E-state index contributed by atoms with van der Waals surface area (Å²) in [6.45, 7) is 4.45. The monoisotopic (exact) mass is 661 g/mol. The molecule has 5 aromatic rings. The van der Waals surface area contributed by atoms with Crippen LogP contribution in [0, 0.1) is 0 Å². The largest absolute Gasteiger partial charge is 0.379 e. The van der Waals surface area contributed by atoms with Gasteiger partial charge in [0.25, 0.3) is 0 Å². The quantitative estimate of drug-likeness (QED) is 0.188. The molecule has 248 valence electrons. The Morgan fingerprint density at radius 1 is 0.686 bits per heavy atom. The molecule has 51 heavy (non-hydrogen) atoms. The van der Waals surface area contributed by atoms with Crippen LogP contribution in [0.15, 0.2) is 164 Å². The second-order valence-corrected chi connectivity index (χ2v) is 13.5. The Morgan fingerprint density at radius 3 is 2.25 bits per heavy atom. The van der Waals surface area contributed by atoms with Crippen LogP contribution >= 0.6 is 0 Å². The number of pyridine rings is 1. The van der Waals surface area contributed by atoms with Crippen LogP contribution in [0.2, 0.25) is 0 Å².